The lowest BCUT2D eigenvalue weighted by atomic mass is 10.1. The summed E-state index contributed by atoms with van der Waals surface area (Å²) in [5.74, 6) is -0.416. The lowest BCUT2D eigenvalue weighted by Gasteiger charge is -2.20. The van der Waals surface area contributed by atoms with Gasteiger partial charge in [-0.25, -0.2) is 17.5 Å². The fourth-order valence-electron chi connectivity index (χ4n) is 2.78. The topological polar surface area (TPSA) is 90.6 Å². The van der Waals surface area contributed by atoms with Crippen LogP contribution in [-0.4, -0.2) is 41.3 Å². The minimum absolute atomic E-state index is 0.108. The lowest BCUT2D eigenvalue weighted by Crippen LogP contribution is -2.40. The van der Waals surface area contributed by atoms with E-state index in [0.29, 0.717) is 13.2 Å². The Bertz CT molecular complexity index is 624. The highest BCUT2D eigenvalue weighted by Gasteiger charge is 2.31. The van der Waals surface area contributed by atoms with Gasteiger partial charge in [0.2, 0.25) is 10.0 Å². The summed E-state index contributed by atoms with van der Waals surface area (Å²) in [5.41, 5.74) is 5.68. The number of sulfonamides is 1. The number of benzene rings is 1. The molecule has 0 amide bonds. The van der Waals surface area contributed by atoms with Gasteiger partial charge in [-0.05, 0) is 43.5 Å². The number of hydrogen-bond donors (Lipinski definition) is 2. The Morgan fingerprint density at radius 3 is 2.83 bits per heavy atom. The Morgan fingerprint density at radius 1 is 1.35 bits per heavy atom. The molecule has 23 heavy (non-hydrogen) atoms. The summed E-state index contributed by atoms with van der Waals surface area (Å²) >= 11 is 0. The molecule has 0 spiro atoms. The third-order valence-electron chi connectivity index (χ3n) is 4.01. The second-order valence-corrected chi connectivity index (χ2v) is 7.27. The highest BCUT2D eigenvalue weighted by atomic mass is 32.2. The molecule has 2 atom stereocenters. The van der Waals surface area contributed by atoms with E-state index < -0.39 is 15.8 Å². The summed E-state index contributed by atoms with van der Waals surface area (Å²) in [4.78, 5) is -0.198. The molecule has 1 aliphatic carbocycles. The van der Waals surface area contributed by atoms with Crippen LogP contribution in [0.15, 0.2) is 23.1 Å². The van der Waals surface area contributed by atoms with Crippen molar-refractivity contribution in [1.82, 2.24) is 4.72 Å². The normalized spacial score (nSPS) is 21.5. The van der Waals surface area contributed by atoms with E-state index in [4.69, 9.17) is 15.2 Å². The van der Waals surface area contributed by atoms with E-state index in [9.17, 15) is 12.8 Å². The molecular weight excluding hydrogens is 323 g/mol. The van der Waals surface area contributed by atoms with E-state index in [0.717, 1.165) is 25.3 Å². The van der Waals surface area contributed by atoms with Crippen LogP contribution in [0.4, 0.5) is 4.39 Å². The van der Waals surface area contributed by atoms with Crippen molar-refractivity contribution in [3.63, 3.8) is 0 Å². The fraction of sp³-hybridized carbons (Fsp3) is 0.600. The smallest absolute Gasteiger partial charge is 0.244 e. The molecule has 6 nitrogen and oxygen atoms in total. The summed E-state index contributed by atoms with van der Waals surface area (Å²) < 4.78 is 51.7. The van der Waals surface area contributed by atoms with E-state index in [1.54, 1.807) is 0 Å². The molecule has 2 unspecified atom stereocenters. The average Bonchev–Trinajstić information content (AvgIpc) is 2.95. The summed E-state index contributed by atoms with van der Waals surface area (Å²) in [6, 6.07) is 3.23. The number of nitrogens with two attached hydrogens (primary N) is 1. The van der Waals surface area contributed by atoms with Crippen LogP contribution in [0.5, 0.6) is 5.75 Å². The van der Waals surface area contributed by atoms with Crippen LogP contribution >= 0.6 is 0 Å². The SMILES string of the molecule is COCCOc1ccc(F)cc1S(=O)(=O)NC1CCCC1CN. The summed E-state index contributed by atoms with van der Waals surface area (Å²) in [6.07, 6.45) is 2.55. The van der Waals surface area contributed by atoms with Crippen LogP contribution in [-0.2, 0) is 14.8 Å². The third kappa shape index (κ3) is 4.63. The second kappa shape index (κ2) is 8.05. The molecule has 0 saturated heterocycles. The van der Waals surface area contributed by atoms with Gasteiger partial charge in [-0.3, -0.25) is 0 Å². The predicted molar refractivity (Wildman–Crippen MR) is 84.3 cm³/mol. The maximum Gasteiger partial charge on any atom is 0.244 e. The first kappa shape index (κ1) is 18.1. The zero-order valence-corrected chi connectivity index (χ0v) is 13.9. The molecular formula is C15H23FN2O4S. The molecule has 0 aliphatic heterocycles. The van der Waals surface area contributed by atoms with Gasteiger partial charge in [-0.1, -0.05) is 6.42 Å². The summed E-state index contributed by atoms with van der Waals surface area (Å²) in [5, 5.41) is 0. The standard InChI is InChI=1S/C15H23FN2O4S/c1-21-7-8-22-14-6-5-12(16)9-15(14)23(19,20)18-13-4-2-3-11(13)10-17/h5-6,9,11,13,18H,2-4,7-8,10,17H2,1H3. The Balaban J connectivity index is 2.22. The van der Waals surface area contributed by atoms with Crippen LogP contribution in [0.25, 0.3) is 0 Å². The van der Waals surface area contributed by atoms with Gasteiger partial charge >= 0.3 is 0 Å². The van der Waals surface area contributed by atoms with Gasteiger partial charge in [-0.15, -0.1) is 0 Å². The maximum atomic E-state index is 13.5. The molecule has 1 aromatic carbocycles. The van der Waals surface area contributed by atoms with Crippen LogP contribution in [0.1, 0.15) is 19.3 Å². The van der Waals surface area contributed by atoms with E-state index in [-0.39, 0.29) is 29.2 Å². The molecule has 130 valence electrons. The molecule has 0 aromatic heterocycles. The maximum absolute atomic E-state index is 13.5. The van der Waals surface area contributed by atoms with Crippen molar-refractivity contribution in [3.8, 4) is 5.75 Å². The first-order chi connectivity index (χ1) is 11.0. The zero-order valence-electron chi connectivity index (χ0n) is 13.1. The van der Waals surface area contributed by atoms with Gasteiger partial charge < -0.3 is 15.2 Å². The van der Waals surface area contributed by atoms with Crippen molar-refractivity contribution in [3.05, 3.63) is 24.0 Å². The van der Waals surface area contributed by atoms with Crippen molar-refractivity contribution in [2.24, 2.45) is 11.7 Å². The first-order valence-corrected chi connectivity index (χ1v) is 9.10. The molecule has 1 aromatic rings. The Kier molecular flexibility index (Phi) is 6.34. The molecule has 1 saturated carbocycles. The average molecular weight is 346 g/mol. The largest absolute Gasteiger partial charge is 0.490 e. The molecule has 8 heteroatoms. The predicted octanol–water partition coefficient (Wildman–Crippen LogP) is 1.26. The monoisotopic (exact) mass is 346 g/mol. The molecule has 0 heterocycles. The van der Waals surface area contributed by atoms with E-state index >= 15 is 0 Å². The van der Waals surface area contributed by atoms with E-state index in [1.165, 1.54) is 19.2 Å². The van der Waals surface area contributed by atoms with Gasteiger partial charge in [-0.2, -0.15) is 0 Å². The molecule has 3 N–H and O–H groups in total. The Labute approximate surface area is 136 Å². The highest BCUT2D eigenvalue weighted by Crippen LogP contribution is 2.29. The number of rotatable bonds is 8. The Morgan fingerprint density at radius 2 is 2.13 bits per heavy atom. The fourth-order valence-corrected chi connectivity index (χ4v) is 4.28. The van der Waals surface area contributed by atoms with Crippen molar-refractivity contribution in [2.45, 2.75) is 30.2 Å². The molecule has 1 fully saturated rings. The van der Waals surface area contributed by atoms with Crippen molar-refractivity contribution < 1.29 is 22.3 Å². The van der Waals surface area contributed by atoms with Gasteiger partial charge in [0.1, 0.15) is 23.1 Å². The minimum atomic E-state index is -3.89. The van der Waals surface area contributed by atoms with Crippen molar-refractivity contribution in [1.29, 1.82) is 0 Å². The van der Waals surface area contributed by atoms with Crippen LogP contribution in [0, 0.1) is 11.7 Å². The number of methoxy groups -OCH3 is 1. The van der Waals surface area contributed by atoms with Gasteiger partial charge in [0.25, 0.3) is 0 Å². The summed E-state index contributed by atoms with van der Waals surface area (Å²) in [7, 11) is -2.37. The lowest BCUT2D eigenvalue weighted by molar-refractivity contribution is 0.144. The van der Waals surface area contributed by atoms with Crippen molar-refractivity contribution >= 4 is 10.0 Å². The van der Waals surface area contributed by atoms with Crippen molar-refractivity contribution in [2.75, 3.05) is 26.9 Å². The van der Waals surface area contributed by atoms with Crippen LogP contribution in [0.3, 0.4) is 0 Å². The highest BCUT2D eigenvalue weighted by molar-refractivity contribution is 7.89. The number of halogens is 1. The molecule has 2 rings (SSSR count). The van der Waals surface area contributed by atoms with Crippen LogP contribution < -0.4 is 15.2 Å². The van der Waals surface area contributed by atoms with Gasteiger partial charge in [0, 0.05) is 13.2 Å². The van der Waals surface area contributed by atoms with E-state index in [1.807, 2.05) is 0 Å². The van der Waals surface area contributed by atoms with Gasteiger partial charge in [0.15, 0.2) is 0 Å². The molecule has 1 aliphatic rings. The second-order valence-electron chi connectivity index (χ2n) is 5.59. The summed E-state index contributed by atoms with van der Waals surface area (Å²) in [6.45, 7) is 0.912. The first-order valence-electron chi connectivity index (χ1n) is 7.61. The quantitative estimate of drug-likeness (QED) is 0.692. The molecule has 0 bridgehead atoms. The van der Waals surface area contributed by atoms with E-state index in [2.05, 4.69) is 4.72 Å². The zero-order chi connectivity index (χ0) is 16.9. The number of hydrogen-bond acceptors (Lipinski definition) is 5. The molecule has 0 radical (unpaired) electrons. The number of nitrogens with one attached hydrogen (secondary N) is 1. The number of ether oxygens (including phenoxy) is 2. The third-order valence-corrected chi connectivity index (χ3v) is 5.52. The van der Waals surface area contributed by atoms with Gasteiger partial charge in [0.05, 0.1) is 6.61 Å². The Hall–Kier alpha value is -1.22. The minimum Gasteiger partial charge on any atom is -0.490 e. The van der Waals surface area contributed by atoms with Crippen LogP contribution in [0.2, 0.25) is 0 Å².